The van der Waals surface area contributed by atoms with E-state index in [1.807, 2.05) is 25.1 Å². The molecule has 3 rings (SSSR count). The molecule has 0 fully saturated rings. The minimum atomic E-state index is -0.435. The normalized spacial score (nSPS) is 10.3. The molecule has 0 unspecified atom stereocenters. The van der Waals surface area contributed by atoms with Crippen molar-refractivity contribution in [1.29, 1.82) is 0 Å². The molecular formula is C18H18FN7O2S. The smallest absolute Gasteiger partial charge is 0.262 e. The number of halogens is 1. The summed E-state index contributed by atoms with van der Waals surface area (Å²) in [6, 6.07) is 12.9. The van der Waals surface area contributed by atoms with Crippen LogP contribution in [0.5, 0.6) is 5.75 Å². The fourth-order valence-corrected chi connectivity index (χ4v) is 2.49. The molecule has 0 saturated heterocycles. The third kappa shape index (κ3) is 5.69. The highest BCUT2D eigenvalue weighted by molar-refractivity contribution is 7.80. The molecule has 11 heteroatoms. The van der Waals surface area contributed by atoms with Gasteiger partial charge in [-0.2, -0.15) is 4.80 Å². The lowest BCUT2D eigenvalue weighted by atomic mass is 10.2. The average molecular weight is 415 g/mol. The van der Waals surface area contributed by atoms with Gasteiger partial charge in [0.2, 0.25) is 5.82 Å². The van der Waals surface area contributed by atoms with Crippen LogP contribution in [0.15, 0.2) is 48.5 Å². The molecule has 1 heterocycles. The van der Waals surface area contributed by atoms with Gasteiger partial charge in [0, 0.05) is 5.56 Å². The van der Waals surface area contributed by atoms with E-state index in [-0.39, 0.29) is 23.3 Å². The first-order chi connectivity index (χ1) is 14.0. The van der Waals surface area contributed by atoms with E-state index >= 15 is 0 Å². The maximum absolute atomic E-state index is 13.0. The minimum absolute atomic E-state index is 0.181. The summed E-state index contributed by atoms with van der Waals surface area (Å²) in [6.07, 6.45) is 0. The molecule has 1 aromatic heterocycles. The van der Waals surface area contributed by atoms with Crippen LogP contribution in [0.4, 0.5) is 10.1 Å². The summed E-state index contributed by atoms with van der Waals surface area (Å²) >= 11 is 5.17. The van der Waals surface area contributed by atoms with Crippen LogP contribution in [0.1, 0.15) is 6.92 Å². The summed E-state index contributed by atoms with van der Waals surface area (Å²) < 4.78 is 18.5. The van der Waals surface area contributed by atoms with Crippen LogP contribution < -0.4 is 20.9 Å². The number of carbonyl (C=O) groups excluding carboxylic acids is 1. The number of nitrogens with zero attached hydrogens (tertiary/aromatic N) is 4. The van der Waals surface area contributed by atoms with Crippen molar-refractivity contribution in [1.82, 2.24) is 31.1 Å². The van der Waals surface area contributed by atoms with Crippen molar-refractivity contribution >= 4 is 28.9 Å². The number of carbonyl (C=O) groups is 1. The average Bonchev–Trinajstić information content (AvgIpc) is 3.17. The van der Waals surface area contributed by atoms with Gasteiger partial charge in [-0.25, -0.2) is 4.39 Å². The molecule has 3 N–H and O–H groups in total. The molecule has 1 amide bonds. The third-order valence-electron chi connectivity index (χ3n) is 3.59. The van der Waals surface area contributed by atoms with Crippen LogP contribution in [-0.2, 0) is 11.3 Å². The lowest BCUT2D eigenvalue weighted by Crippen LogP contribution is -2.45. The van der Waals surface area contributed by atoms with E-state index < -0.39 is 5.91 Å². The van der Waals surface area contributed by atoms with Gasteiger partial charge in [0.25, 0.3) is 5.91 Å². The molecule has 0 radical (unpaired) electrons. The van der Waals surface area contributed by atoms with Crippen molar-refractivity contribution in [3.63, 3.8) is 0 Å². The molecule has 150 valence electrons. The number of ether oxygens (including phenoxy) is 1. The molecular weight excluding hydrogens is 397 g/mol. The van der Waals surface area contributed by atoms with Crippen LogP contribution in [0.25, 0.3) is 11.4 Å². The maximum atomic E-state index is 13.0. The standard InChI is InChI=1S/C18H18FN7O2S/c1-2-28-15-6-4-3-5-14(15)20-18(29)23-21-16(27)11-26-24-17(22-25-26)12-7-9-13(19)10-8-12/h3-10H,2,11H2,1H3,(H,21,27)(H2,20,23,29). The molecule has 0 aliphatic heterocycles. The zero-order chi connectivity index (χ0) is 20.6. The number of thiocarbonyl (C=S) groups is 1. The van der Waals surface area contributed by atoms with Gasteiger partial charge in [-0.05, 0) is 60.8 Å². The number of rotatable bonds is 6. The van der Waals surface area contributed by atoms with Gasteiger partial charge in [0.15, 0.2) is 5.11 Å². The Bertz CT molecular complexity index is 994. The number of amides is 1. The molecule has 0 spiro atoms. The second-order valence-electron chi connectivity index (χ2n) is 5.71. The summed E-state index contributed by atoms with van der Waals surface area (Å²) in [5.74, 6) is 0.136. The van der Waals surface area contributed by atoms with E-state index in [4.69, 9.17) is 17.0 Å². The number of hydrogen-bond donors (Lipinski definition) is 3. The number of hydrazine groups is 1. The van der Waals surface area contributed by atoms with Gasteiger partial charge in [-0.3, -0.25) is 15.6 Å². The van der Waals surface area contributed by atoms with Gasteiger partial charge < -0.3 is 10.1 Å². The van der Waals surface area contributed by atoms with Crippen LogP contribution in [0, 0.1) is 5.82 Å². The van der Waals surface area contributed by atoms with Crippen molar-refractivity contribution in [2.45, 2.75) is 13.5 Å². The van der Waals surface area contributed by atoms with E-state index in [0.29, 0.717) is 23.6 Å². The second kappa shape index (κ2) is 9.55. The number of hydrogen-bond acceptors (Lipinski definition) is 6. The zero-order valence-corrected chi connectivity index (χ0v) is 16.2. The van der Waals surface area contributed by atoms with Crippen molar-refractivity contribution in [2.75, 3.05) is 11.9 Å². The van der Waals surface area contributed by atoms with Crippen LogP contribution in [0.3, 0.4) is 0 Å². The predicted molar refractivity (Wildman–Crippen MR) is 108 cm³/mol. The van der Waals surface area contributed by atoms with Gasteiger partial charge in [-0.15, -0.1) is 10.2 Å². The first kappa shape index (κ1) is 20.1. The molecule has 0 aliphatic carbocycles. The minimum Gasteiger partial charge on any atom is -0.492 e. The monoisotopic (exact) mass is 415 g/mol. The van der Waals surface area contributed by atoms with E-state index in [2.05, 4.69) is 31.6 Å². The summed E-state index contributed by atoms with van der Waals surface area (Å²) in [5.41, 5.74) is 6.31. The number of benzene rings is 2. The summed E-state index contributed by atoms with van der Waals surface area (Å²) in [6.45, 7) is 2.22. The number of nitrogens with one attached hydrogen (secondary N) is 3. The number of tetrazole rings is 1. The number of aromatic nitrogens is 4. The fraction of sp³-hybridized carbons (Fsp3) is 0.167. The maximum Gasteiger partial charge on any atom is 0.262 e. The van der Waals surface area contributed by atoms with Crippen molar-refractivity contribution in [2.24, 2.45) is 0 Å². The first-order valence-corrected chi connectivity index (χ1v) is 9.07. The van der Waals surface area contributed by atoms with E-state index in [0.717, 1.165) is 4.80 Å². The Labute approximate surface area is 171 Å². The molecule has 0 bridgehead atoms. The molecule has 0 atom stereocenters. The zero-order valence-electron chi connectivity index (χ0n) is 15.4. The van der Waals surface area contributed by atoms with E-state index in [1.54, 1.807) is 6.07 Å². The lowest BCUT2D eigenvalue weighted by molar-refractivity contribution is -0.122. The molecule has 3 aromatic rings. The van der Waals surface area contributed by atoms with Crippen molar-refractivity contribution in [3.05, 3.63) is 54.3 Å². The largest absolute Gasteiger partial charge is 0.492 e. The van der Waals surface area contributed by atoms with Crippen LogP contribution in [0.2, 0.25) is 0 Å². The fourth-order valence-electron chi connectivity index (χ4n) is 2.32. The number of para-hydroxylation sites is 2. The topological polar surface area (TPSA) is 106 Å². The predicted octanol–water partition coefficient (Wildman–Crippen LogP) is 1.90. The third-order valence-corrected chi connectivity index (χ3v) is 3.79. The highest BCUT2D eigenvalue weighted by atomic mass is 32.1. The molecule has 29 heavy (non-hydrogen) atoms. The number of anilines is 1. The highest BCUT2D eigenvalue weighted by Crippen LogP contribution is 2.23. The first-order valence-electron chi connectivity index (χ1n) is 8.66. The van der Waals surface area contributed by atoms with Crippen LogP contribution in [-0.4, -0.2) is 37.8 Å². The Balaban J connectivity index is 1.50. The summed E-state index contributed by atoms with van der Waals surface area (Å²) in [5, 5.41) is 14.9. The molecule has 9 nitrogen and oxygen atoms in total. The van der Waals surface area contributed by atoms with E-state index in [9.17, 15) is 9.18 Å². The van der Waals surface area contributed by atoms with Gasteiger partial charge in [-0.1, -0.05) is 12.1 Å². The summed E-state index contributed by atoms with van der Waals surface area (Å²) in [7, 11) is 0. The van der Waals surface area contributed by atoms with Crippen molar-refractivity contribution in [3.8, 4) is 17.1 Å². The Morgan fingerprint density at radius 2 is 1.93 bits per heavy atom. The van der Waals surface area contributed by atoms with E-state index in [1.165, 1.54) is 24.3 Å². The highest BCUT2D eigenvalue weighted by Gasteiger charge is 2.10. The molecule has 2 aromatic carbocycles. The quantitative estimate of drug-likeness (QED) is 0.414. The molecule has 0 saturated carbocycles. The summed E-state index contributed by atoms with van der Waals surface area (Å²) in [4.78, 5) is 13.2. The second-order valence-corrected chi connectivity index (χ2v) is 6.12. The SMILES string of the molecule is CCOc1ccccc1NC(=S)NNC(=O)Cn1nnc(-c2ccc(F)cc2)n1. The lowest BCUT2D eigenvalue weighted by Gasteiger charge is -2.14. The Kier molecular flexibility index (Phi) is 6.63. The van der Waals surface area contributed by atoms with Crippen LogP contribution >= 0.6 is 12.2 Å². The molecule has 0 aliphatic rings. The Morgan fingerprint density at radius 3 is 2.69 bits per heavy atom. The Morgan fingerprint density at radius 1 is 1.17 bits per heavy atom. The van der Waals surface area contributed by atoms with Gasteiger partial charge in [0.05, 0.1) is 12.3 Å². The van der Waals surface area contributed by atoms with Gasteiger partial charge in [0.1, 0.15) is 18.1 Å². The van der Waals surface area contributed by atoms with Crippen molar-refractivity contribution < 1.29 is 13.9 Å². The Hall–Kier alpha value is -3.60. The van der Waals surface area contributed by atoms with Gasteiger partial charge >= 0.3 is 0 Å².